The maximum absolute atomic E-state index is 12.9. The van der Waals surface area contributed by atoms with Gasteiger partial charge in [-0.05, 0) is 43.4 Å². The highest BCUT2D eigenvalue weighted by Crippen LogP contribution is 2.18. The van der Waals surface area contributed by atoms with Crippen LogP contribution in [0, 0.1) is 5.82 Å². The first-order valence-corrected chi connectivity index (χ1v) is 9.69. The van der Waals surface area contributed by atoms with E-state index >= 15 is 0 Å². The van der Waals surface area contributed by atoms with Gasteiger partial charge in [0.15, 0.2) is 0 Å². The van der Waals surface area contributed by atoms with Gasteiger partial charge in [-0.3, -0.25) is 4.79 Å². The van der Waals surface area contributed by atoms with E-state index < -0.39 is 0 Å². The minimum Gasteiger partial charge on any atom is -0.341 e. The Kier molecular flexibility index (Phi) is 6.47. The molecule has 2 fully saturated rings. The molecule has 1 saturated carbocycles. The first kappa shape index (κ1) is 18.7. The number of carbonyl (C=O) groups excluding carboxylic acids is 2. The van der Waals surface area contributed by atoms with Gasteiger partial charge in [0.2, 0.25) is 5.91 Å². The first-order chi connectivity index (χ1) is 12.6. The number of halogens is 1. The average Bonchev–Trinajstić information content (AvgIpc) is 3.02. The maximum Gasteiger partial charge on any atom is 0.317 e. The van der Waals surface area contributed by atoms with E-state index in [9.17, 15) is 14.0 Å². The van der Waals surface area contributed by atoms with Crippen molar-refractivity contribution in [3.63, 3.8) is 0 Å². The van der Waals surface area contributed by atoms with Crippen LogP contribution in [0.2, 0.25) is 0 Å². The predicted octanol–water partition coefficient (Wildman–Crippen LogP) is 2.94. The largest absolute Gasteiger partial charge is 0.341 e. The van der Waals surface area contributed by atoms with Gasteiger partial charge in [0.05, 0.1) is 0 Å². The zero-order chi connectivity index (χ0) is 18.4. The Morgan fingerprint density at radius 3 is 2.35 bits per heavy atom. The highest BCUT2D eigenvalue weighted by molar-refractivity contribution is 5.77. The summed E-state index contributed by atoms with van der Waals surface area (Å²) in [6.07, 6.45) is 6.38. The lowest BCUT2D eigenvalue weighted by Crippen LogP contribution is -2.45. The van der Waals surface area contributed by atoms with Crippen LogP contribution in [0.25, 0.3) is 0 Å². The average molecular weight is 361 g/mol. The molecule has 1 N–H and O–H groups in total. The third-order valence-electron chi connectivity index (χ3n) is 5.36. The topological polar surface area (TPSA) is 52.7 Å². The molecule has 6 heteroatoms. The van der Waals surface area contributed by atoms with E-state index in [2.05, 4.69) is 5.32 Å². The SMILES string of the molecule is O=C(CCc1ccc(F)cc1)N1CCCN(C(=O)NC2CCCC2)CC1. The molecule has 1 aliphatic carbocycles. The van der Waals surface area contributed by atoms with Gasteiger partial charge in [-0.2, -0.15) is 0 Å². The number of nitrogens with zero attached hydrogens (tertiary/aromatic N) is 2. The van der Waals surface area contributed by atoms with Gasteiger partial charge in [0.25, 0.3) is 0 Å². The van der Waals surface area contributed by atoms with E-state index in [1.165, 1.54) is 25.0 Å². The van der Waals surface area contributed by atoms with Crippen LogP contribution in [0.1, 0.15) is 44.1 Å². The van der Waals surface area contributed by atoms with Crippen molar-refractivity contribution in [3.05, 3.63) is 35.6 Å². The second-order valence-electron chi connectivity index (χ2n) is 7.28. The van der Waals surface area contributed by atoms with Gasteiger partial charge < -0.3 is 15.1 Å². The van der Waals surface area contributed by atoms with E-state index in [0.717, 1.165) is 24.8 Å². The van der Waals surface area contributed by atoms with Gasteiger partial charge in [0, 0.05) is 38.6 Å². The Morgan fingerprint density at radius 2 is 1.62 bits per heavy atom. The summed E-state index contributed by atoms with van der Waals surface area (Å²) < 4.78 is 12.9. The number of urea groups is 1. The minimum absolute atomic E-state index is 0.0116. The Balaban J connectivity index is 1.44. The third kappa shape index (κ3) is 5.19. The number of nitrogens with one attached hydrogen (secondary N) is 1. The Labute approximate surface area is 154 Å². The molecule has 3 rings (SSSR count). The van der Waals surface area contributed by atoms with Crippen molar-refractivity contribution >= 4 is 11.9 Å². The highest BCUT2D eigenvalue weighted by Gasteiger charge is 2.24. The van der Waals surface area contributed by atoms with Crippen LogP contribution in [0.5, 0.6) is 0 Å². The maximum atomic E-state index is 12.9. The minimum atomic E-state index is -0.261. The van der Waals surface area contributed by atoms with Crippen LogP contribution in [-0.2, 0) is 11.2 Å². The predicted molar refractivity (Wildman–Crippen MR) is 98.3 cm³/mol. The molecule has 0 bridgehead atoms. The molecule has 5 nitrogen and oxygen atoms in total. The van der Waals surface area contributed by atoms with Gasteiger partial charge in [-0.1, -0.05) is 25.0 Å². The first-order valence-electron chi connectivity index (χ1n) is 9.69. The summed E-state index contributed by atoms with van der Waals surface area (Å²) in [5, 5.41) is 3.12. The molecule has 1 aromatic carbocycles. The number of hydrogen-bond acceptors (Lipinski definition) is 2. The molecular formula is C20H28FN3O2. The monoisotopic (exact) mass is 361 g/mol. The van der Waals surface area contributed by atoms with Crippen LogP contribution >= 0.6 is 0 Å². The van der Waals surface area contributed by atoms with E-state index in [1.807, 2.05) is 9.80 Å². The summed E-state index contributed by atoms with van der Waals surface area (Å²) in [4.78, 5) is 28.6. The Morgan fingerprint density at radius 1 is 0.962 bits per heavy atom. The summed E-state index contributed by atoms with van der Waals surface area (Å²) in [6, 6.07) is 6.62. The number of rotatable bonds is 4. The van der Waals surface area contributed by atoms with Crippen LogP contribution in [0.15, 0.2) is 24.3 Å². The van der Waals surface area contributed by atoms with Crippen molar-refractivity contribution in [2.24, 2.45) is 0 Å². The molecule has 2 aliphatic rings. The van der Waals surface area contributed by atoms with E-state index in [1.54, 1.807) is 12.1 Å². The smallest absolute Gasteiger partial charge is 0.317 e. The zero-order valence-electron chi connectivity index (χ0n) is 15.3. The lowest BCUT2D eigenvalue weighted by atomic mass is 10.1. The molecule has 1 aromatic rings. The molecule has 1 aliphatic heterocycles. The van der Waals surface area contributed by atoms with E-state index in [4.69, 9.17) is 0 Å². The fourth-order valence-corrected chi connectivity index (χ4v) is 3.77. The molecule has 142 valence electrons. The molecule has 3 amide bonds. The summed E-state index contributed by atoms with van der Waals surface area (Å²) in [5.74, 6) is -0.157. The fourth-order valence-electron chi connectivity index (χ4n) is 3.77. The second kappa shape index (κ2) is 9.01. The fraction of sp³-hybridized carbons (Fsp3) is 0.600. The molecule has 26 heavy (non-hydrogen) atoms. The molecule has 1 heterocycles. The van der Waals surface area contributed by atoms with E-state index in [0.29, 0.717) is 45.1 Å². The molecule has 0 unspecified atom stereocenters. The molecular weight excluding hydrogens is 333 g/mol. The van der Waals surface area contributed by atoms with Crippen LogP contribution in [-0.4, -0.2) is 54.0 Å². The van der Waals surface area contributed by atoms with Crippen molar-refractivity contribution in [1.82, 2.24) is 15.1 Å². The van der Waals surface area contributed by atoms with Gasteiger partial charge in [0.1, 0.15) is 5.82 Å². The van der Waals surface area contributed by atoms with Crippen LogP contribution in [0.4, 0.5) is 9.18 Å². The van der Waals surface area contributed by atoms with Crippen molar-refractivity contribution in [2.45, 2.75) is 51.0 Å². The second-order valence-corrected chi connectivity index (χ2v) is 7.28. The summed E-state index contributed by atoms with van der Waals surface area (Å²) >= 11 is 0. The van der Waals surface area contributed by atoms with Gasteiger partial charge >= 0.3 is 6.03 Å². The summed E-state index contributed by atoms with van der Waals surface area (Å²) in [5.41, 5.74) is 0.965. The molecule has 1 saturated heterocycles. The molecule has 0 aromatic heterocycles. The molecule has 0 spiro atoms. The number of aryl methyl sites for hydroxylation is 1. The molecule has 0 atom stereocenters. The van der Waals surface area contributed by atoms with Crippen molar-refractivity contribution in [2.75, 3.05) is 26.2 Å². The van der Waals surface area contributed by atoms with E-state index in [-0.39, 0.29) is 17.8 Å². The van der Waals surface area contributed by atoms with Gasteiger partial charge in [-0.25, -0.2) is 9.18 Å². The zero-order valence-corrected chi connectivity index (χ0v) is 15.3. The quantitative estimate of drug-likeness (QED) is 0.896. The summed E-state index contributed by atoms with van der Waals surface area (Å²) in [6.45, 7) is 2.55. The van der Waals surface area contributed by atoms with Gasteiger partial charge in [-0.15, -0.1) is 0 Å². The highest BCUT2D eigenvalue weighted by atomic mass is 19.1. The number of benzene rings is 1. The third-order valence-corrected chi connectivity index (χ3v) is 5.36. The van der Waals surface area contributed by atoms with Crippen molar-refractivity contribution in [1.29, 1.82) is 0 Å². The summed E-state index contributed by atoms with van der Waals surface area (Å²) in [7, 11) is 0. The van der Waals surface area contributed by atoms with Crippen LogP contribution in [0.3, 0.4) is 0 Å². The van der Waals surface area contributed by atoms with Crippen molar-refractivity contribution in [3.8, 4) is 0 Å². The standard InChI is InChI=1S/C20H28FN3O2/c21-17-9-6-16(7-10-17)8-11-19(25)23-12-3-13-24(15-14-23)20(26)22-18-4-1-2-5-18/h6-7,9-10,18H,1-5,8,11-15H2,(H,22,26). The number of carbonyl (C=O) groups is 2. The number of hydrogen-bond donors (Lipinski definition) is 1. The lowest BCUT2D eigenvalue weighted by Gasteiger charge is -2.24. The Hall–Kier alpha value is -2.11. The van der Waals surface area contributed by atoms with Crippen LogP contribution < -0.4 is 5.32 Å². The normalized spacial score (nSPS) is 18.7. The molecule has 0 radical (unpaired) electrons. The Bertz CT molecular complexity index is 614. The number of amides is 3. The van der Waals surface area contributed by atoms with Crippen molar-refractivity contribution < 1.29 is 14.0 Å². The lowest BCUT2D eigenvalue weighted by molar-refractivity contribution is -0.131.